The Labute approximate surface area is 100 Å². The van der Waals surface area contributed by atoms with E-state index >= 15 is 0 Å². The van der Waals surface area contributed by atoms with Gasteiger partial charge in [-0.05, 0) is 0 Å². The van der Waals surface area contributed by atoms with Crippen LogP contribution in [0.2, 0.25) is 0 Å². The average Bonchev–Trinajstić information content (AvgIpc) is 1.33. The van der Waals surface area contributed by atoms with Crippen LogP contribution < -0.4 is 51.4 Å². The van der Waals surface area contributed by atoms with Crippen molar-refractivity contribution in [3.8, 4) is 0 Å². The first-order valence-corrected chi connectivity index (χ1v) is 2.75. The van der Waals surface area contributed by atoms with E-state index in [1.807, 2.05) is 6.92 Å². The second-order valence-electron chi connectivity index (χ2n) is 0.550. The summed E-state index contributed by atoms with van der Waals surface area (Å²) in [6.07, 6.45) is -1.83. The fourth-order valence-corrected chi connectivity index (χ4v) is 0. The van der Waals surface area contributed by atoms with Gasteiger partial charge in [-0.1, -0.05) is 22.9 Å². The molecular formula is C3H8BrKO3. The number of carbonyl (C=O) groups is 1. The monoisotopic (exact) mass is 210 g/mol. The summed E-state index contributed by atoms with van der Waals surface area (Å²) in [6.45, 7) is 2.04. The van der Waals surface area contributed by atoms with Gasteiger partial charge in [0, 0.05) is 5.33 Å². The van der Waals surface area contributed by atoms with Gasteiger partial charge in [-0.2, -0.15) is 0 Å². The molecule has 0 spiro atoms. The van der Waals surface area contributed by atoms with E-state index in [0.29, 0.717) is 0 Å². The van der Waals surface area contributed by atoms with Gasteiger partial charge in [-0.15, -0.1) is 0 Å². The third-order valence-corrected chi connectivity index (χ3v) is 0. The van der Waals surface area contributed by atoms with Crippen molar-refractivity contribution in [3.63, 3.8) is 0 Å². The van der Waals surface area contributed by atoms with Gasteiger partial charge in [0.15, 0.2) is 0 Å². The Morgan fingerprint density at radius 3 is 1.75 bits per heavy atom. The summed E-state index contributed by atoms with van der Waals surface area (Å²) in [5, 5.41) is 15.0. The van der Waals surface area contributed by atoms with Crippen molar-refractivity contribution in [2.24, 2.45) is 0 Å². The van der Waals surface area contributed by atoms with Gasteiger partial charge in [0.2, 0.25) is 0 Å². The molecule has 0 amide bonds. The first-order chi connectivity index (χ1) is 3.15. The van der Waals surface area contributed by atoms with Crippen LogP contribution >= 0.6 is 15.9 Å². The van der Waals surface area contributed by atoms with Crippen molar-refractivity contribution < 1.29 is 67.8 Å². The van der Waals surface area contributed by atoms with Gasteiger partial charge in [-0.3, -0.25) is 0 Å². The van der Waals surface area contributed by atoms with Gasteiger partial charge >= 0.3 is 57.5 Å². The van der Waals surface area contributed by atoms with Crippen LogP contribution in [0.4, 0.5) is 4.79 Å². The van der Waals surface area contributed by atoms with E-state index in [0.717, 1.165) is 5.33 Å². The van der Waals surface area contributed by atoms with Gasteiger partial charge in [0.1, 0.15) is 0 Å². The zero-order valence-electron chi connectivity index (χ0n) is 5.89. The number of carboxylic acid groups (broad SMARTS) is 2. The Hall–Kier alpha value is 1.39. The molecule has 0 atom stereocenters. The van der Waals surface area contributed by atoms with Crippen molar-refractivity contribution in [1.29, 1.82) is 0 Å². The molecule has 2 N–H and O–H groups in total. The van der Waals surface area contributed by atoms with Gasteiger partial charge < -0.3 is 11.6 Å². The molecule has 8 heavy (non-hydrogen) atoms. The van der Waals surface area contributed by atoms with E-state index in [-0.39, 0.29) is 52.8 Å². The minimum atomic E-state index is -1.83. The van der Waals surface area contributed by atoms with E-state index in [4.69, 9.17) is 15.0 Å². The predicted octanol–water partition coefficient (Wildman–Crippen LogP) is -1.26. The third-order valence-electron chi connectivity index (χ3n) is 0. The predicted molar refractivity (Wildman–Crippen MR) is 31.2 cm³/mol. The van der Waals surface area contributed by atoms with E-state index in [9.17, 15) is 0 Å². The van der Waals surface area contributed by atoms with E-state index < -0.39 is 6.16 Å². The largest absolute Gasteiger partial charge is 1.00 e. The summed E-state index contributed by atoms with van der Waals surface area (Å²) in [7, 11) is 0. The topological polar surface area (TPSA) is 57.5 Å². The standard InChI is InChI=1S/C2H5Br.CH2O3.K.H/c1-2-3;2-1(3)4;;/h2H2,1H3;(H2,2,3,4);;/q;;+1;-1. The Morgan fingerprint density at radius 2 is 1.75 bits per heavy atom. The summed E-state index contributed by atoms with van der Waals surface area (Å²) in [6, 6.07) is 0. The van der Waals surface area contributed by atoms with E-state index in [1.54, 1.807) is 0 Å². The fraction of sp³-hybridized carbons (Fsp3) is 0.667. The molecule has 0 aromatic carbocycles. The molecular weight excluding hydrogens is 203 g/mol. The SMILES string of the molecule is CCBr.O=C(O)O.[H-].[K+]. The number of hydrogen-bond donors (Lipinski definition) is 2. The molecule has 0 heterocycles. The Morgan fingerprint density at radius 1 is 1.75 bits per heavy atom. The molecule has 3 nitrogen and oxygen atoms in total. The Balaban J connectivity index is -0.0000000233. The van der Waals surface area contributed by atoms with Gasteiger partial charge in [-0.25, -0.2) is 4.79 Å². The van der Waals surface area contributed by atoms with Crippen LogP contribution in [-0.4, -0.2) is 21.7 Å². The zero-order chi connectivity index (χ0) is 6.28. The maximum Gasteiger partial charge on any atom is 1.00 e. The molecule has 46 valence electrons. The molecule has 5 heteroatoms. The quantitative estimate of drug-likeness (QED) is 0.388. The normalized spacial score (nSPS) is 5.25. The number of halogens is 1. The summed E-state index contributed by atoms with van der Waals surface area (Å²) >= 11 is 3.15. The maximum atomic E-state index is 8.56. The van der Waals surface area contributed by atoms with Crippen LogP contribution in [0.3, 0.4) is 0 Å². The van der Waals surface area contributed by atoms with E-state index in [1.165, 1.54) is 0 Å². The Kier molecular flexibility index (Phi) is 31.9. The molecule has 0 aliphatic carbocycles. The third kappa shape index (κ3) is 157. The first-order valence-electron chi connectivity index (χ1n) is 1.63. The van der Waals surface area contributed by atoms with Crippen LogP contribution in [-0.2, 0) is 0 Å². The van der Waals surface area contributed by atoms with Crippen molar-refractivity contribution in [2.75, 3.05) is 5.33 Å². The summed E-state index contributed by atoms with van der Waals surface area (Å²) in [4.78, 5) is 8.56. The number of hydrogen-bond acceptors (Lipinski definition) is 1. The maximum absolute atomic E-state index is 8.56. The molecule has 0 rings (SSSR count). The summed E-state index contributed by atoms with van der Waals surface area (Å²) in [5.41, 5.74) is 0. The average molecular weight is 211 g/mol. The second-order valence-corrected chi connectivity index (χ2v) is 1.67. The van der Waals surface area contributed by atoms with Crippen molar-refractivity contribution in [2.45, 2.75) is 6.92 Å². The van der Waals surface area contributed by atoms with Crippen LogP contribution in [0.25, 0.3) is 0 Å². The van der Waals surface area contributed by atoms with Crippen molar-refractivity contribution >= 4 is 22.1 Å². The fourth-order valence-electron chi connectivity index (χ4n) is 0. The van der Waals surface area contributed by atoms with Crippen molar-refractivity contribution in [1.82, 2.24) is 0 Å². The molecule has 0 saturated heterocycles. The molecule has 0 aromatic heterocycles. The minimum absolute atomic E-state index is 0. The second kappa shape index (κ2) is 15.8. The molecule has 0 aliphatic heterocycles. The van der Waals surface area contributed by atoms with Gasteiger partial charge in [0.05, 0.1) is 0 Å². The molecule has 0 fully saturated rings. The van der Waals surface area contributed by atoms with Crippen LogP contribution in [0.1, 0.15) is 8.35 Å². The Bertz CT molecular complexity index is 50.3. The minimum Gasteiger partial charge on any atom is -1.00 e. The number of rotatable bonds is 0. The zero-order valence-corrected chi connectivity index (χ0v) is 9.60. The molecule has 0 saturated carbocycles. The van der Waals surface area contributed by atoms with Crippen LogP contribution in [0, 0.1) is 0 Å². The molecule has 0 bridgehead atoms. The number of alkyl halides is 1. The van der Waals surface area contributed by atoms with Gasteiger partial charge in [0.25, 0.3) is 0 Å². The molecule has 0 aromatic rings. The summed E-state index contributed by atoms with van der Waals surface area (Å²) < 4.78 is 0. The first kappa shape index (κ1) is 16.2. The molecule has 0 unspecified atom stereocenters. The smallest absolute Gasteiger partial charge is 1.00 e. The summed E-state index contributed by atoms with van der Waals surface area (Å²) in [5.74, 6) is 0. The van der Waals surface area contributed by atoms with Crippen LogP contribution in [0.15, 0.2) is 0 Å². The van der Waals surface area contributed by atoms with Crippen molar-refractivity contribution in [3.05, 3.63) is 0 Å². The molecule has 0 radical (unpaired) electrons. The molecule has 0 aliphatic rings. The van der Waals surface area contributed by atoms with Crippen LogP contribution in [0.5, 0.6) is 0 Å². The van der Waals surface area contributed by atoms with E-state index in [2.05, 4.69) is 15.9 Å².